The number of nitro groups is 1. The van der Waals surface area contributed by atoms with Crippen LogP contribution >= 0.6 is 0 Å². The van der Waals surface area contributed by atoms with Crippen LogP contribution in [0.25, 0.3) is 11.1 Å². The number of non-ortho nitro benzene ring substituents is 1. The zero-order valence-corrected chi connectivity index (χ0v) is 18.7. The van der Waals surface area contributed by atoms with Gasteiger partial charge >= 0.3 is 5.97 Å². The molecule has 0 fully saturated rings. The first-order chi connectivity index (χ1) is 15.6. The summed E-state index contributed by atoms with van der Waals surface area (Å²) in [6, 6.07) is 17.2. The summed E-state index contributed by atoms with van der Waals surface area (Å²) in [5.74, 6) is -0.669. The van der Waals surface area contributed by atoms with Gasteiger partial charge in [0.1, 0.15) is 0 Å². The summed E-state index contributed by atoms with van der Waals surface area (Å²) in [7, 11) is 0. The molecule has 0 atom stereocenters. The number of fused-ring (bicyclic) bond motifs is 3. The van der Waals surface area contributed by atoms with E-state index >= 15 is 0 Å². The van der Waals surface area contributed by atoms with Gasteiger partial charge in [-0.05, 0) is 59.0 Å². The van der Waals surface area contributed by atoms with Gasteiger partial charge in [-0.25, -0.2) is 4.79 Å². The molecule has 0 bridgehead atoms. The van der Waals surface area contributed by atoms with Crippen molar-refractivity contribution in [2.45, 2.75) is 33.1 Å². The summed E-state index contributed by atoms with van der Waals surface area (Å²) < 4.78 is 0. The summed E-state index contributed by atoms with van der Waals surface area (Å²) in [6.45, 7) is 7.27. The van der Waals surface area contributed by atoms with Crippen LogP contribution in [0.2, 0.25) is 0 Å². The highest BCUT2D eigenvalue weighted by molar-refractivity contribution is 6.09. The van der Waals surface area contributed by atoms with E-state index in [1.54, 1.807) is 13.0 Å². The van der Waals surface area contributed by atoms with Gasteiger partial charge in [-0.15, -0.1) is 0 Å². The summed E-state index contributed by atoms with van der Waals surface area (Å²) in [6.07, 6.45) is 0. The van der Waals surface area contributed by atoms with E-state index in [2.05, 4.69) is 19.0 Å². The minimum atomic E-state index is -0.490. The van der Waals surface area contributed by atoms with Crippen molar-refractivity contribution >= 4 is 23.2 Å². The van der Waals surface area contributed by atoms with Gasteiger partial charge in [-0.1, -0.05) is 43.3 Å². The van der Waals surface area contributed by atoms with Crippen LogP contribution in [0.1, 0.15) is 60.3 Å². The average Bonchev–Trinajstić information content (AvgIpc) is 3.03. The molecule has 0 amide bonds. The standard InChI is InChI=1S/C26H22N2O5/c1-15(27-33-16(2)29)18-7-11-21-22-12-8-19(14-24(22)26(3,4)23(21)13-18)25(30)17-5-9-20(10-6-17)28(31)32/h5-14H,1-4H3/b27-15+. The number of nitrogens with zero attached hydrogens (tertiary/aromatic N) is 2. The molecule has 0 aliphatic heterocycles. The van der Waals surface area contributed by atoms with Gasteiger partial charge in [0.25, 0.3) is 5.69 Å². The molecule has 7 heteroatoms. The van der Waals surface area contributed by atoms with E-state index in [-0.39, 0.29) is 16.9 Å². The fourth-order valence-electron chi connectivity index (χ4n) is 4.19. The minimum absolute atomic E-state index is 0.0552. The van der Waals surface area contributed by atoms with Crippen molar-refractivity contribution in [3.05, 3.63) is 98.6 Å². The van der Waals surface area contributed by atoms with E-state index in [1.807, 2.05) is 30.3 Å². The molecule has 3 aromatic rings. The zero-order chi connectivity index (χ0) is 23.9. The van der Waals surface area contributed by atoms with E-state index in [0.717, 1.165) is 27.8 Å². The maximum Gasteiger partial charge on any atom is 0.331 e. The highest BCUT2D eigenvalue weighted by atomic mass is 16.7. The Morgan fingerprint density at radius 1 is 0.848 bits per heavy atom. The van der Waals surface area contributed by atoms with Crippen molar-refractivity contribution in [3.63, 3.8) is 0 Å². The lowest BCUT2D eigenvalue weighted by Crippen LogP contribution is -2.16. The van der Waals surface area contributed by atoms with E-state index in [0.29, 0.717) is 16.8 Å². The molecule has 0 spiro atoms. The van der Waals surface area contributed by atoms with Crippen LogP contribution in [-0.4, -0.2) is 22.4 Å². The predicted octanol–water partition coefficient (Wildman–Crippen LogP) is 5.42. The second-order valence-corrected chi connectivity index (χ2v) is 8.54. The van der Waals surface area contributed by atoms with Gasteiger partial charge in [-0.3, -0.25) is 14.9 Å². The molecular weight excluding hydrogens is 420 g/mol. The number of oxime groups is 1. The normalized spacial score (nSPS) is 13.8. The lowest BCUT2D eigenvalue weighted by Gasteiger charge is -2.22. The van der Waals surface area contributed by atoms with E-state index in [1.165, 1.54) is 31.2 Å². The molecule has 3 aromatic carbocycles. The van der Waals surface area contributed by atoms with Gasteiger partial charge in [0.15, 0.2) is 5.78 Å². The number of carbonyl (C=O) groups is 2. The number of hydrogen-bond acceptors (Lipinski definition) is 6. The van der Waals surface area contributed by atoms with Crippen LogP contribution in [0.5, 0.6) is 0 Å². The predicted molar refractivity (Wildman–Crippen MR) is 125 cm³/mol. The van der Waals surface area contributed by atoms with Crippen molar-refractivity contribution in [3.8, 4) is 11.1 Å². The molecule has 7 nitrogen and oxygen atoms in total. The lowest BCUT2D eigenvalue weighted by atomic mass is 9.81. The first-order valence-corrected chi connectivity index (χ1v) is 10.4. The molecule has 0 saturated carbocycles. The van der Waals surface area contributed by atoms with Crippen LogP contribution in [0.15, 0.2) is 65.8 Å². The molecule has 4 rings (SSSR count). The molecule has 166 valence electrons. The summed E-state index contributed by atoms with van der Waals surface area (Å²) in [5, 5.41) is 14.8. The van der Waals surface area contributed by atoms with Gasteiger partial charge in [0.05, 0.1) is 10.6 Å². The Kier molecular flexibility index (Phi) is 5.41. The molecule has 0 heterocycles. The van der Waals surface area contributed by atoms with Gasteiger partial charge < -0.3 is 4.84 Å². The number of rotatable bonds is 5. The molecule has 0 radical (unpaired) electrons. The van der Waals surface area contributed by atoms with Crippen LogP contribution in [0, 0.1) is 10.1 Å². The quantitative estimate of drug-likeness (QED) is 0.173. The minimum Gasteiger partial charge on any atom is -0.318 e. The monoisotopic (exact) mass is 442 g/mol. The maximum absolute atomic E-state index is 13.1. The highest BCUT2D eigenvalue weighted by Crippen LogP contribution is 2.49. The Bertz CT molecular complexity index is 1340. The van der Waals surface area contributed by atoms with E-state index in [4.69, 9.17) is 4.84 Å². The molecule has 1 aliphatic carbocycles. The third-order valence-corrected chi connectivity index (χ3v) is 6.01. The number of carbonyl (C=O) groups excluding carboxylic acids is 2. The molecule has 33 heavy (non-hydrogen) atoms. The van der Waals surface area contributed by atoms with Crippen molar-refractivity contribution in [2.75, 3.05) is 0 Å². The number of hydrogen-bond donors (Lipinski definition) is 0. The van der Waals surface area contributed by atoms with Crippen LogP contribution < -0.4 is 0 Å². The van der Waals surface area contributed by atoms with E-state index < -0.39 is 10.9 Å². The Hall–Kier alpha value is -4.13. The lowest BCUT2D eigenvalue weighted by molar-refractivity contribution is -0.384. The number of ketones is 1. The zero-order valence-electron chi connectivity index (χ0n) is 18.7. The molecule has 0 aromatic heterocycles. The van der Waals surface area contributed by atoms with Crippen LogP contribution in [0.4, 0.5) is 5.69 Å². The van der Waals surface area contributed by atoms with Crippen LogP contribution in [-0.2, 0) is 15.0 Å². The third kappa shape index (κ3) is 3.93. The Balaban J connectivity index is 1.70. The molecule has 0 saturated heterocycles. The Morgan fingerprint density at radius 2 is 1.36 bits per heavy atom. The van der Waals surface area contributed by atoms with Crippen molar-refractivity contribution in [1.82, 2.24) is 0 Å². The van der Waals surface area contributed by atoms with Crippen molar-refractivity contribution in [1.29, 1.82) is 0 Å². The largest absolute Gasteiger partial charge is 0.331 e. The fourth-order valence-corrected chi connectivity index (χ4v) is 4.19. The Morgan fingerprint density at radius 3 is 1.91 bits per heavy atom. The Labute approximate surface area is 190 Å². The molecule has 0 unspecified atom stereocenters. The SMILES string of the molecule is CC(=O)O/N=C(\C)c1ccc2c(c1)C(C)(C)c1cc(C(=O)c3ccc([N+](=O)[O-])cc3)ccc1-2. The third-order valence-electron chi connectivity index (χ3n) is 6.01. The van der Waals surface area contributed by atoms with Crippen molar-refractivity contribution < 1.29 is 19.3 Å². The first-order valence-electron chi connectivity index (χ1n) is 10.4. The number of benzene rings is 3. The maximum atomic E-state index is 13.1. The second-order valence-electron chi connectivity index (χ2n) is 8.54. The molecular formula is C26H22N2O5. The summed E-state index contributed by atoms with van der Waals surface area (Å²) in [5.41, 5.74) is 6.18. The smallest absolute Gasteiger partial charge is 0.318 e. The highest BCUT2D eigenvalue weighted by Gasteiger charge is 2.36. The first kappa shape index (κ1) is 22.1. The second kappa shape index (κ2) is 8.09. The van der Waals surface area contributed by atoms with Crippen molar-refractivity contribution in [2.24, 2.45) is 5.16 Å². The fraction of sp³-hybridized carbons (Fsp3) is 0.192. The van der Waals surface area contributed by atoms with Gasteiger partial charge in [0.2, 0.25) is 0 Å². The molecule has 0 N–H and O–H groups in total. The summed E-state index contributed by atoms with van der Waals surface area (Å²) >= 11 is 0. The summed E-state index contributed by atoms with van der Waals surface area (Å²) in [4.78, 5) is 39.3. The topological polar surface area (TPSA) is 98.9 Å². The number of nitro benzene ring substituents is 1. The van der Waals surface area contributed by atoms with E-state index in [9.17, 15) is 19.7 Å². The van der Waals surface area contributed by atoms with Gasteiger partial charge in [0, 0.05) is 35.6 Å². The average molecular weight is 442 g/mol. The molecule has 1 aliphatic rings. The van der Waals surface area contributed by atoms with Gasteiger partial charge in [-0.2, -0.15) is 0 Å². The van der Waals surface area contributed by atoms with Crippen LogP contribution in [0.3, 0.4) is 0 Å².